The number of hydrogen-bond donors (Lipinski definition) is 1. The highest BCUT2D eigenvalue weighted by molar-refractivity contribution is 7.26. The Bertz CT molecular complexity index is 1080. The fourth-order valence-corrected chi connectivity index (χ4v) is 4.69. The summed E-state index contributed by atoms with van der Waals surface area (Å²) in [6, 6.07) is 11.2. The molecule has 1 aliphatic rings. The summed E-state index contributed by atoms with van der Waals surface area (Å²) in [4.78, 5) is 13.5. The molecule has 0 amide bonds. The van der Waals surface area contributed by atoms with Crippen molar-refractivity contribution in [1.29, 1.82) is 0 Å². The van der Waals surface area contributed by atoms with Gasteiger partial charge in [0.15, 0.2) is 0 Å². The summed E-state index contributed by atoms with van der Waals surface area (Å²) in [7, 11) is 0. The second-order valence-corrected chi connectivity index (χ2v) is 7.16. The zero-order valence-electron chi connectivity index (χ0n) is 13.7. The average Bonchev–Trinajstić information content (AvgIpc) is 2.99. The zero-order chi connectivity index (χ0) is 18.6. The molecule has 0 radical (unpaired) electrons. The summed E-state index contributed by atoms with van der Waals surface area (Å²) in [6.07, 6.45) is -5.01. The molecule has 3 nitrogen and oxygen atoms in total. The fourth-order valence-electron chi connectivity index (χ4n) is 3.41. The highest BCUT2D eigenvalue weighted by Crippen LogP contribution is 2.45. The van der Waals surface area contributed by atoms with Crippen molar-refractivity contribution in [3.8, 4) is 0 Å². The quantitative estimate of drug-likeness (QED) is 0.659. The number of anilines is 1. The first-order chi connectivity index (χ1) is 12.3. The molecule has 0 aliphatic carbocycles. The zero-order valence-corrected chi connectivity index (χ0v) is 14.5. The Labute approximate surface area is 151 Å². The third kappa shape index (κ3) is 2.38. The van der Waals surface area contributed by atoms with Gasteiger partial charge >= 0.3 is 6.18 Å². The smallest absolute Gasteiger partial charge is 0.454 e. The Morgan fingerprint density at radius 2 is 1.92 bits per heavy atom. The van der Waals surface area contributed by atoms with E-state index in [0.29, 0.717) is 12.2 Å². The molecular weight excluding hydrogens is 363 g/mol. The number of likely N-dealkylation sites (N-methyl/N-ethyl adjacent to an activating group) is 1. The highest BCUT2D eigenvalue weighted by atomic mass is 32.1. The lowest BCUT2D eigenvalue weighted by Crippen LogP contribution is -2.36. The molecule has 134 valence electrons. The van der Waals surface area contributed by atoms with E-state index in [2.05, 4.69) is 0 Å². The maximum atomic E-state index is 12.9. The number of benzene rings is 2. The molecule has 2 aromatic carbocycles. The Kier molecular flexibility index (Phi) is 3.73. The molecule has 0 saturated carbocycles. The fraction of sp³-hybridized carbons (Fsp3) is 0.211. The predicted molar refractivity (Wildman–Crippen MR) is 97.8 cm³/mol. The van der Waals surface area contributed by atoms with Crippen LogP contribution < -0.4 is 4.90 Å². The molecule has 2 heterocycles. The van der Waals surface area contributed by atoms with Gasteiger partial charge in [-0.3, -0.25) is 4.79 Å². The highest BCUT2D eigenvalue weighted by Gasteiger charge is 2.44. The molecule has 0 fully saturated rings. The van der Waals surface area contributed by atoms with Gasteiger partial charge in [0.05, 0.1) is 22.5 Å². The number of Topliss-reactive ketones (excluding diaryl/α,β-unsaturated/α-hetero) is 1. The van der Waals surface area contributed by atoms with Crippen molar-refractivity contribution >= 4 is 48.7 Å². The number of fused-ring (bicyclic) bond motifs is 5. The van der Waals surface area contributed by atoms with Crippen molar-refractivity contribution in [3.63, 3.8) is 0 Å². The van der Waals surface area contributed by atoms with Crippen molar-refractivity contribution in [2.45, 2.75) is 13.1 Å². The standard InChI is InChI=1S/C19H14F3NO2S/c1-2-23-9-13(18(25)19(20,21)22)16(24)12-8-7-11-10-5-3-4-6-14(10)26-17(11)15(12)23/h3-8,24H,2,9H2,1H3. The molecule has 3 aromatic rings. The summed E-state index contributed by atoms with van der Waals surface area (Å²) in [5.74, 6) is -2.57. The van der Waals surface area contributed by atoms with Crippen LogP contribution in [-0.4, -0.2) is 30.2 Å². The summed E-state index contributed by atoms with van der Waals surface area (Å²) in [5, 5.41) is 12.5. The number of aliphatic hydroxyl groups excluding tert-OH is 1. The van der Waals surface area contributed by atoms with Gasteiger partial charge in [-0.1, -0.05) is 24.3 Å². The molecule has 26 heavy (non-hydrogen) atoms. The third-order valence-corrected chi connectivity index (χ3v) is 5.83. The molecule has 0 bridgehead atoms. The molecular formula is C19H14F3NO2S. The molecule has 0 spiro atoms. The lowest BCUT2D eigenvalue weighted by Gasteiger charge is -2.32. The average molecular weight is 377 g/mol. The van der Waals surface area contributed by atoms with E-state index in [1.54, 1.807) is 17.0 Å². The van der Waals surface area contributed by atoms with E-state index in [4.69, 9.17) is 0 Å². The van der Waals surface area contributed by atoms with Crippen LogP contribution in [0, 0.1) is 0 Å². The van der Waals surface area contributed by atoms with Gasteiger partial charge < -0.3 is 10.0 Å². The van der Waals surface area contributed by atoms with Crippen molar-refractivity contribution in [1.82, 2.24) is 0 Å². The number of halogens is 3. The first-order valence-electron chi connectivity index (χ1n) is 8.06. The van der Waals surface area contributed by atoms with Gasteiger partial charge in [0, 0.05) is 27.6 Å². The van der Waals surface area contributed by atoms with Crippen LogP contribution in [0.3, 0.4) is 0 Å². The van der Waals surface area contributed by atoms with Gasteiger partial charge in [0.1, 0.15) is 5.76 Å². The molecule has 0 atom stereocenters. The maximum Gasteiger partial charge on any atom is 0.454 e. The van der Waals surface area contributed by atoms with Crippen molar-refractivity contribution in [2.75, 3.05) is 18.0 Å². The van der Waals surface area contributed by atoms with Crippen LogP contribution in [0.15, 0.2) is 42.0 Å². The van der Waals surface area contributed by atoms with E-state index in [9.17, 15) is 23.1 Å². The van der Waals surface area contributed by atoms with Crippen LogP contribution in [-0.2, 0) is 4.79 Å². The van der Waals surface area contributed by atoms with E-state index in [-0.39, 0.29) is 12.1 Å². The number of carbonyl (C=O) groups excluding carboxylic acids is 1. The minimum absolute atomic E-state index is 0.263. The first-order valence-corrected chi connectivity index (χ1v) is 8.87. The van der Waals surface area contributed by atoms with Crippen LogP contribution >= 0.6 is 11.3 Å². The molecule has 1 aliphatic heterocycles. The van der Waals surface area contributed by atoms with Crippen LogP contribution in [0.2, 0.25) is 0 Å². The number of carbonyl (C=O) groups is 1. The number of alkyl halides is 3. The maximum absolute atomic E-state index is 12.9. The summed E-state index contributed by atoms with van der Waals surface area (Å²) in [5.41, 5.74) is 0.347. The second kappa shape index (κ2) is 5.74. The van der Waals surface area contributed by atoms with Gasteiger partial charge in [-0.25, -0.2) is 0 Å². The van der Waals surface area contributed by atoms with Gasteiger partial charge in [-0.05, 0) is 19.1 Å². The lowest BCUT2D eigenvalue weighted by atomic mass is 9.96. The Hall–Kier alpha value is -2.54. The normalized spacial score (nSPS) is 15.0. The van der Waals surface area contributed by atoms with Gasteiger partial charge in [0.2, 0.25) is 0 Å². The number of hydrogen-bond acceptors (Lipinski definition) is 4. The van der Waals surface area contributed by atoms with E-state index in [1.165, 1.54) is 11.3 Å². The molecule has 1 N–H and O–H groups in total. The summed E-state index contributed by atoms with van der Waals surface area (Å²) in [6.45, 7) is 1.97. The number of aliphatic hydroxyl groups is 1. The van der Waals surface area contributed by atoms with Crippen LogP contribution in [0.25, 0.3) is 25.9 Å². The molecule has 0 saturated heterocycles. The topological polar surface area (TPSA) is 40.5 Å². The minimum Gasteiger partial charge on any atom is -0.507 e. The Morgan fingerprint density at radius 1 is 1.19 bits per heavy atom. The number of thiophene rings is 1. The van der Waals surface area contributed by atoms with Gasteiger partial charge in [-0.15, -0.1) is 11.3 Å². The predicted octanol–water partition coefficient (Wildman–Crippen LogP) is 5.29. The molecule has 0 unspecified atom stereocenters. The monoisotopic (exact) mass is 377 g/mol. The van der Waals surface area contributed by atoms with Crippen molar-refractivity contribution in [2.24, 2.45) is 0 Å². The van der Waals surface area contributed by atoms with E-state index in [1.807, 2.05) is 31.2 Å². The molecule has 7 heteroatoms. The minimum atomic E-state index is -5.01. The third-order valence-electron chi connectivity index (χ3n) is 4.64. The van der Waals surface area contributed by atoms with E-state index >= 15 is 0 Å². The van der Waals surface area contributed by atoms with Crippen molar-refractivity contribution in [3.05, 3.63) is 47.5 Å². The first kappa shape index (κ1) is 16.9. The summed E-state index contributed by atoms with van der Waals surface area (Å²) >= 11 is 1.53. The van der Waals surface area contributed by atoms with Crippen LogP contribution in [0.5, 0.6) is 0 Å². The van der Waals surface area contributed by atoms with Gasteiger partial charge in [-0.2, -0.15) is 13.2 Å². The van der Waals surface area contributed by atoms with E-state index in [0.717, 1.165) is 20.2 Å². The van der Waals surface area contributed by atoms with E-state index < -0.39 is 23.3 Å². The SMILES string of the molecule is CCN1CC(C(=O)C(F)(F)F)=C(O)c2ccc3c(sc4ccccc43)c21. The number of rotatable bonds is 2. The second-order valence-electron chi connectivity index (χ2n) is 6.10. The number of nitrogens with zero attached hydrogens (tertiary/aromatic N) is 1. The molecule has 1 aromatic heterocycles. The van der Waals surface area contributed by atoms with Gasteiger partial charge in [0.25, 0.3) is 5.78 Å². The Morgan fingerprint density at radius 3 is 2.62 bits per heavy atom. The number of ketones is 1. The van der Waals surface area contributed by atoms with Crippen LogP contribution in [0.1, 0.15) is 12.5 Å². The van der Waals surface area contributed by atoms with Crippen LogP contribution in [0.4, 0.5) is 18.9 Å². The Balaban J connectivity index is 2.02. The lowest BCUT2D eigenvalue weighted by molar-refractivity contribution is -0.166. The largest absolute Gasteiger partial charge is 0.507 e. The molecule has 4 rings (SSSR count). The summed E-state index contributed by atoms with van der Waals surface area (Å²) < 4.78 is 40.6. The van der Waals surface area contributed by atoms with Crippen molar-refractivity contribution < 1.29 is 23.1 Å².